The van der Waals surface area contributed by atoms with Crippen molar-refractivity contribution in [2.24, 2.45) is 7.05 Å². The highest BCUT2D eigenvalue weighted by molar-refractivity contribution is 5.90. The number of alkyl halides is 2. The Bertz CT molecular complexity index is 733. The molecule has 0 aliphatic carbocycles. The summed E-state index contributed by atoms with van der Waals surface area (Å²) in [6.45, 7) is 3.52. The smallest absolute Gasteiger partial charge is 0.319 e. The van der Waals surface area contributed by atoms with E-state index in [0.29, 0.717) is 13.0 Å². The molecule has 0 saturated carbocycles. The van der Waals surface area contributed by atoms with Crippen LogP contribution < -0.4 is 15.4 Å². The summed E-state index contributed by atoms with van der Waals surface area (Å²) < 4.78 is 31.2. The summed E-state index contributed by atoms with van der Waals surface area (Å²) in [4.78, 5) is 15.8. The second kappa shape index (κ2) is 8.41. The predicted octanol–water partition coefficient (Wildman–Crippen LogP) is 2.44. The van der Waals surface area contributed by atoms with Gasteiger partial charge in [0.2, 0.25) is 5.88 Å². The lowest BCUT2D eigenvalue weighted by Crippen LogP contribution is -2.31. The molecule has 0 radical (unpaired) electrons. The maximum atomic E-state index is 12.3. The van der Waals surface area contributed by atoms with E-state index in [2.05, 4.69) is 20.7 Å². The van der Waals surface area contributed by atoms with Crippen molar-refractivity contribution >= 4 is 11.7 Å². The molecule has 0 aliphatic heterocycles. The number of halogens is 2. The van der Waals surface area contributed by atoms with Crippen molar-refractivity contribution in [1.29, 1.82) is 0 Å². The van der Waals surface area contributed by atoms with Crippen LogP contribution in [-0.2, 0) is 13.5 Å². The van der Waals surface area contributed by atoms with Gasteiger partial charge in [0.05, 0.1) is 5.69 Å². The van der Waals surface area contributed by atoms with E-state index in [9.17, 15) is 13.6 Å². The van der Waals surface area contributed by atoms with E-state index in [1.165, 1.54) is 12.3 Å². The maximum absolute atomic E-state index is 12.3. The van der Waals surface area contributed by atoms with E-state index in [0.717, 1.165) is 17.0 Å². The van der Waals surface area contributed by atoms with E-state index in [-0.39, 0.29) is 11.6 Å². The van der Waals surface area contributed by atoms with Crippen molar-refractivity contribution in [2.75, 3.05) is 18.5 Å². The first kappa shape index (κ1) is 18.6. The van der Waals surface area contributed by atoms with Crippen molar-refractivity contribution < 1.29 is 18.3 Å². The van der Waals surface area contributed by atoms with Crippen LogP contribution in [0.25, 0.3) is 0 Å². The first-order valence-corrected chi connectivity index (χ1v) is 7.78. The van der Waals surface area contributed by atoms with E-state index < -0.39 is 19.1 Å². The van der Waals surface area contributed by atoms with Crippen molar-refractivity contribution in [3.8, 4) is 5.88 Å². The Labute approximate surface area is 144 Å². The Morgan fingerprint density at radius 2 is 2.16 bits per heavy atom. The summed E-state index contributed by atoms with van der Waals surface area (Å²) in [6.07, 6.45) is -0.576. The van der Waals surface area contributed by atoms with Crippen molar-refractivity contribution in [1.82, 2.24) is 20.1 Å². The lowest BCUT2D eigenvalue weighted by atomic mass is 10.1. The van der Waals surface area contributed by atoms with Gasteiger partial charge in [-0.2, -0.15) is 5.10 Å². The fourth-order valence-electron chi connectivity index (χ4n) is 2.39. The molecule has 2 aromatic rings. The molecule has 0 unspecified atom stereocenters. The van der Waals surface area contributed by atoms with Crippen LogP contribution in [0, 0.1) is 13.8 Å². The number of hydrogen-bond donors (Lipinski definition) is 2. The number of hydrogen-bond acceptors (Lipinski definition) is 4. The fourth-order valence-corrected chi connectivity index (χ4v) is 2.39. The third-order valence-electron chi connectivity index (χ3n) is 3.68. The Morgan fingerprint density at radius 3 is 2.80 bits per heavy atom. The molecule has 2 rings (SSSR count). The van der Waals surface area contributed by atoms with Crippen LogP contribution in [0.15, 0.2) is 18.3 Å². The van der Waals surface area contributed by atoms with Gasteiger partial charge in [-0.3, -0.25) is 4.68 Å². The Kier molecular flexibility index (Phi) is 6.26. The minimum atomic E-state index is -2.62. The highest BCUT2D eigenvalue weighted by Gasteiger charge is 2.12. The molecule has 0 fully saturated rings. The molecule has 0 aromatic carbocycles. The number of anilines is 1. The van der Waals surface area contributed by atoms with Gasteiger partial charge >= 0.3 is 6.03 Å². The molecule has 25 heavy (non-hydrogen) atoms. The zero-order valence-electron chi connectivity index (χ0n) is 14.3. The number of carbonyl (C=O) groups excluding carboxylic acids is 1. The minimum absolute atomic E-state index is 0.0445. The average Bonchev–Trinajstić information content (AvgIpc) is 2.80. The second-order valence-electron chi connectivity index (χ2n) is 5.46. The Hall–Kier alpha value is -2.71. The van der Waals surface area contributed by atoms with E-state index in [4.69, 9.17) is 4.74 Å². The molecule has 0 aliphatic rings. The van der Waals surface area contributed by atoms with Crippen molar-refractivity contribution in [3.05, 3.63) is 35.3 Å². The lowest BCUT2D eigenvalue weighted by molar-refractivity contribution is 0.0800. The van der Waals surface area contributed by atoms with Gasteiger partial charge in [-0.25, -0.2) is 18.6 Å². The number of aromatic nitrogens is 3. The standard InChI is InChI=1S/C16H21F2N5O2/c1-10-12(11(2)23(3)22-10)6-8-20-16(24)21-13-5-4-7-19-15(13)25-9-14(17)18/h4-5,7,14H,6,8-9H2,1-3H3,(H2,20,21,24). The molecule has 0 spiro atoms. The van der Waals surface area contributed by atoms with E-state index in [1.807, 2.05) is 20.9 Å². The quantitative estimate of drug-likeness (QED) is 0.801. The Balaban J connectivity index is 1.88. The number of nitrogens with one attached hydrogen (secondary N) is 2. The second-order valence-corrected chi connectivity index (χ2v) is 5.46. The van der Waals surface area contributed by atoms with Gasteiger partial charge in [-0.15, -0.1) is 0 Å². The van der Waals surface area contributed by atoms with Crippen LogP contribution in [-0.4, -0.2) is 40.4 Å². The summed E-state index contributed by atoms with van der Waals surface area (Å²) in [5.41, 5.74) is 3.30. The number of nitrogens with zero attached hydrogens (tertiary/aromatic N) is 3. The molecule has 2 N–H and O–H groups in total. The van der Waals surface area contributed by atoms with Crippen LogP contribution in [0.1, 0.15) is 17.0 Å². The highest BCUT2D eigenvalue weighted by Crippen LogP contribution is 2.20. The predicted molar refractivity (Wildman–Crippen MR) is 89.1 cm³/mol. The molecule has 0 saturated heterocycles. The third-order valence-corrected chi connectivity index (χ3v) is 3.68. The summed E-state index contributed by atoms with van der Waals surface area (Å²) in [5.74, 6) is -0.0445. The number of ether oxygens (including phenoxy) is 1. The molecule has 9 heteroatoms. The summed E-state index contributed by atoms with van der Waals surface area (Å²) in [6, 6.07) is 2.64. The minimum Gasteiger partial charge on any atom is -0.470 e. The normalized spacial score (nSPS) is 10.8. The molecule has 2 amide bonds. The zero-order valence-corrected chi connectivity index (χ0v) is 14.3. The van der Waals surface area contributed by atoms with E-state index >= 15 is 0 Å². The number of pyridine rings is 1. The molecule has 0 atom stereocenters. The third kappa shape index (κ3) is 5.13. The van der Waals surface area contributed by atoms with Gasteiger partial charge in [-0.1, -0.05) is 0 Å². The average molecular weight is 353 g/mol. The Morgan fingerprint density at radius 1 is 1.40 bits per heavy atom. The summed E-state index contributed by atoms with van der Waals surface area (Å²) >= 11 is 0. The van der Waals surface area contributed by atoms with Crippen LogP contribution in [0.4, 0.5) is 19.3 Å². The number of urea groups is 1. The van der Waals surface area contributed by atoms with Crippen LogP contribution in [0.3, 0.4) is 0 Å². The van der Waals surface area contributed by atoms with Gasteiger partial charge in [0.15, 0.2) is 6.61 Å². The van der Waals surface area contributed by atoms with Gasteiger partial charge < -0.3 is 15.4 Å². The first-order valence-electron chi connectivity index (χ1n) is 7.78. The largest absolute Gasteiger partial charge is 0.470 e. The van der Waals surface area contributed by atoms with Crippen LogP contribution in [0.2, 0.25) is 0 Å². The number of carbonyl (C=O) groups is 1. The van der Waals surface area contributed by atoms with Gasteiger partial charge in [-0.05, 0) is 38.0 Å². The number of amides is 2. The van der Waals surface area contributed by atoms with Crippen LogP contribution in [0.5, 0.6) is 5.88 Å². The monoisotopic (exact) mass is 353 g/mol. The van der Waals surface area contributed by atoms with Gasteiger partial charge in [0.25, 0.3) is 6.43 Å². The molecule has 0 bridgehead atoms. The van der Waals surface area contributed by atoms with Crippen LogP contribution >= 0.6 is 0 Å². The number of aryl methyl sites for hydroxylation is 2. The zero-order chi connectivity index (χ0) is 18.4. The summed E-state index contributed by atoms with van der Waals surface area (Å²) in [5, 5.41) is 9.59. The topological polar surface area (TPSA) is 81.1 Å². The van der Waals surface area contributed by atoms with Crippen molar-refractivity contribution in [3.63, 3.8) is 0 Å². The molecule has 7 nitrogen and oxygen atoms in total. The molecular weight excluding hydrogens is 332 g/mol. The molecule has 2 heterocycles. The number of rotatable bonds is 7. The molecular formula is C16H21F2N5O2. The SMILES string of the molecule is Cc1nn(C)c(C)c1CCNC(=O)Nc1cccnc1OCC(F)F. The maximum Gasteiger partial charge on any atom is 0.319 e. The molecule has 2 aromatic heterocycles. The van der Waals surface area contributed by atoms with Gasteiger partial charge in [0, 0.05) is 25.5 Å². The fraction of sp³-hybridized carbons (Fsp3) is 0.438. The van der Waals surface area contributed by atoms with Gasteiger partial charge in [0.1, 0.15) is 5.69 Å². The first-order chi connectivity index (χ1) is 11.9. The summed E-state index contributed by atoms with van der Waals surface area (Å²) in [7, 11) is 1.87. The highest BCUT2D eigenvalue weighted by atomic mass is 19.3. The van der Waals surface area contributed by atoms with Crippen molar-refractivity contribution in [2.45, 2.75) is 26.7 Å². The van der Waals surface area contributed by atoms with E-state index in [1.54, 1.807) is 10.7 Å². The lowest BCUT2D eigenvalue weighted by Gasteiger charge is -2.12. The molecule has 136 valence electrons.